The fourth-order valence-corrected chi connectivity index (χ4v) is 3.58. The Hall–Kier alpha value is -3.27. The van der Waals surface area contributed by atoms with Gasteiger partial charge in [0.2, 0.25) is 5.95 Å². The number of hydrogen-bond acceptors (Lipinski definition) is 7. The van der Waals surface area contributed by atoms with Crippen molar-refractivity contribution in [1.29, 1.82) is 0 Å². The molecule has 9 heteroatoms. The van der Waals surface area contributed by atoms with Crippen LogP contribution >= 0.6 is 0 Å². The van der Waals surface area contributed by atoms with E-state index in [1.54, 1.807) is 18.2 Å². The molecule has 0 aliphatic heterocycles. The zero-order valence-corrected chi connectivity index (χ0v) is 16.8. The van der Waals surface area contributed by atoms with Gasteiger partial charge in [0.05, 0.1) is 5.52 Å². The van der Waals surface area contributed by atoms with Crippen LogP contribution in [0, 0.1) is 13.8 Å². The molecule has 2 heterocycles. The molecule has 6 N–H and O–H groups in total. The molecule has 2 aromatic heterocycles. The molecule has 0 saturated carbocycles. The van der Waals surface area contributed by atoms with Gasteiger partial charge in [-0.15, -0.1) is 0 Å². The van der Waals surface area contributed by atoms with E-state index in [2.05, 4.69) is 25.3 Å². The second-order valence-corrected chi connectivity index (χ2v) is 7.17. The van der Waals surface area contributed by atoms with Crippen LogP contribution in [0.15, 0.2) is 42.5 Å². The molecule has 4 rings (SSSR count). The molecule has 0 saturated heterocycles. The molecule has 0 unspecified atom stereocenters. The number of H-pyrrole nitrogens is 1. The van der Waals surface area contributed by atoms with Crippen molar-refractivity contribution in [2.45, 2.75) is 26.9 Å². The van der Waals surface area contributed by atoms with Crippen LogP contribution in [0.5, 0.6) is 0 Å². The monoisotopic (exact) mass is 402 g/mol. The van der Waals surface area contributed by atoms with Crippen molar-refractivity contribution in [1.82, 2.24) is 19.9 Å². The van der Waals surface area contributed by atoms with Crippen LogP contribution in [0.3, 0.4) is 0 Å². The average Bonchev–Trinajstić information content (AvgIpc) is 3.08. The number of para-hydroxylation sites is 1. The summed E-state index contributed by atoms with van der Waals surface area (Å²) in [7, 11) is -1.50. The topological polar surface area (TPSA) is 133 Å². The molecular formula is C21H23BN6O2. The number of rotatable bonds is 6. The van der Waals surface area contributed by atoms with Crippen LogP contribution in [0.25, 0.3) is 22.3 Å². The van der Waals surface area contributed by atoms with Crippen molar-refractivity contribution >= 4 is 29.4 Å². The minimum absolute atomic E-state index is 0.437. The van der Waals surface area contributed by atoms with Gasteiger partial charge >= 0.3 is 7.12 Å². The van der Waals surface area contributed by atoms with Gasteiger partial charge in [-0.3, -0.25) is 0 Å². The van der Waals surface area contributed by atoms with Crippen molar-refractivity contribution in [3.63, 3.8) is 0 Å². The third-order valence-electron chi connectivity index (χ3n) is 5.00. The smallest absolute Gasteiger partial charge is 0.423 e. The third-order valence-corrected chi connectivity index (χ3v) is 5.00. The van der Waals surface area contributed by atoms with Crippen molar-refractivity contribution in [3.05, 3.63) is 65.1 Å². The molecule has 0 atom stereocenters. The first-order valence-corrected chi connectivity index (χ1v) is 9.68. The molecular weight excluding hydrogens is 379 g/mol. The quantitative estimate of drug-likeness (QED) is 0.308. The highest BCUT2D eigenvalue weighted by Gasteiger charge is 2.17. The van der Waals surface area contributed by atoms with Gasteiger partial charge in [-0.1, -0.05) is 42.5 Å². The van der Waals surface area contributed by atoms with Gasteiger partial charge in [0, 0.05) is 29.7 Å². The first kappa shape index (κ1) is 20.0. The average molecular weight is 402 g/mol. The predicted octanol–water partition coefficient (Wildman–Crippen LogP) is 1.39. The molecule has 4 aromatic rings. The second kappa shape index (κ2) is 8.23. The van der Waals surface area contributed by atoms with E-state index >= 15 is 0 Å². The maximum atomic E-state index is 9.35. The van der Waals surface area contributed by atoms with Gasteiger partial charge in [0.1, 0.15) is 5.82 Å². The van der Waals surface area contributed by atoms with Crippen LogP contribution in [0.1, 0.15) is 22.6 Å². The van der Waals surface area contributed by atoms with Gasteiger partial charge < -0.3 is 26.1 Å². The molecule has 8 nitrogen and oxygen atoms in total. The first-order chi connectivity index (χ1) is 14.5. The van der Waals surface area contributed by atoms with E-state index < -0.39 is 7.12 Å². The number of fused-ring (bicyclic) bond motifs is 1. The number of nitrogens with two attached hydrogens (primary N) is 1. The van der Waals surface area contributed by atoms with Gasteiger partial charge in [-0.05, 0) is 30.4 Å². The summed E-state index contributed by atoms with van der Waals surface area (Å²) in [4.78, 5) is 17.0. The molecule has 2 aromatic carbocycles. The molecule has 0 aliphatic carbocycles. The highest BCUT2D eigenvalue weighted by atomic mass is 16.4. The van der Waals surface area contributed by atoms with E-state index in [1.165, 1.54) is 0 Å². The SMILES string of the molecule is Cc1nc(NCc2cccc(B(O)O)c2)nc(-c2c(C)[nH]c3c(CN)cccc23)n1. The third kappa shape index (κ3) is 3.91. The lowest BCUT2D eigenvalue weighted by Crippen LogP contribution is -2.30. The Labute approximate surface area is 174 Å². The Morgan fingerprint density at radius 1 is 1.07 bits per heavy atom. The molecule has 0 bridgehead atoms. The maximum absolute atomic E-state index is 9.35. The van der Waals surface area contributed by atoms with Gasteiger partial charge in [-0.25, -0.2) is 4.98 Å². The van der Waals surface area contributed by atoms with E-state index in [1.807, 2.05) is 38.1 Å². The first-order valence-electron chi connectivity index (χ1n) is 9.68. The van der Waals surface area contributed by atoms with E-state index in [9.17, 15) is 10.0 Å². The standard InChI is InChI=1S/C21H23BN6O2/c1-12-18(17-8-4-6-15(10-23)19(17)25-12)20-26-13(2)27-21(28-20)24-11-14-5-3-7-16(9-14)22(29)30/h3-9,25,29-30H,10-11,23H2,1-2H3,(H,24,26,27,28). The maximum Gasteiger partial charge on any atom is 0.488 e. The van der Waals surface area contributed by atoms with Crippen molar-refractivity contribution in [3.8, 4) is 11.4 Å². The molecule has 0 amide bonds. The Balaban J connectivity index is 1.67. The minimum atomic E-state index is -1.50. The highest BCUT2D eigenvalue weighted by Crippen LogP contribution is 2.32. The van der Waals surface area contributed by atoms with E-state index in [-0.39, 0.29) is 0 Å². The van der Waals surface area contributed by atoms with Crippen molar-refractivity contribution < 1.29 is 10.0 Å². The molecule has 30 heavy (non-hydrogen) atoms. The number of hydrogen-bond donors (Lipinski definition) is 5. The van der Waals surface area contributed by atoms with Crippen LogP contribution < -0.4 is 16.5 Å². The van der Waals surface area contributed by atoms with Crippen LogP contribution in [-0.2, 0) is 13.1 Å². The van der Waals surface area contributed by atoms with Crippen LogP contribution in [0.2, 0.25) is 0 Å². The fourth-order valence-electron chi connectivity index (χ4n) is 3.58. The summed E-state index contributed by atoms with van der Waals surface area (Å²) in [6.45, 7) is 4.71. The number of aromatic amines is 1. The number of anilines is 1. The summed E-state index contributed by atoms with van der Waals surface area (Å²) in [5.41, 5.74) is 11.1. The lowest BCUT2D eigenvalue weighted by Gasteiger charge is -2.09. The van der Waals surface area contributed by atoms with Gasteiger partial charge in [0.25, 0.3) is 0 Å². The minimum Gasteiger partial charge on any atom is -0.423 e. The lowest BCUT2D eigenvalue weighted by molar-refractivity contribution is 0.425. The van der Waals surface area contributed by atoms with Gasteiger partial charge in [-0.2, -0.15) is 9.97 Å². The zero-order valence-electron chi connectivity index (χ0n) is 16.8. The fraction of sp³-hybridized carbons (Fsp3) is 0.190. The van der Waals surface area contributed by atoms with Crippen LogP contribution in [-0.4, -0.2) is 37.1 Å². The normalized spacial score (nSPS) is 11.1. The second-order valence-electron chi connectivity index (χ2n) is 7.17. The Morgan fingerprint density at radius 3 is 2.63 bits per heavy atom. The molecule has 152 valence electrons. The number of aryl methyl sites for hydroxylation is 2. The van der Waals surface area contributed by atoms with E-state index in [4.69, 9.17) is 5.73 Å². The summed E-state index contributed by atoms with van der Waals surface area (Å²) in [5.74, 6) is 1.64. The number of nitrogens with one attached hydrogen (secondary N) is 2. The summed E-state index contributed by atoms with van der Waals surface area (Å²) < 4.78 is 0. The van der Waals surface area contributed by atoms with Crippen LogP contribution in [0.4, 0.5) is 5.95 Å². The number of aromatic nitrogens is 4. The molecule has 0 fully saturated rings. The molecule has 0 spiro atoms. The highest BCUT2D eigenvalue weighted by molar-refractivity contribution is 6.58. The molecule has 0 radical (unpaired) electrons. The van der Waals surface area contributed by atoms with E-state index in [0.29, 0.717) is 36.1 Å². The summed E-state index contributed by atoms with van der Waals surface area (Å²) in [6, 6.07) is 13.1. The molecule has 0 aliphatic rings. The number of benzene rings is 2. The predicted molar refractivity (Wildman–Crippen MR) is 118 cm³/mol. The summed E-state index contributed by atoms with van der Waals surface area (Å²) in [5, 5.41) is 22.9. The van der Waals surface area contributed by atoms with Crippen molar-refractivity contribution in [2.75, 3.05) is 5.32 Å². The van der Waals surface area contributed by atoms with Crippen molar-refractivity contribution in [2.24, 2.45) is 5.73 Å². The Bertz CT molecular complexity index is 1210. The number of nitrogens with zero attached hydrogens (tertiary/aromatic N) is 3. The summed E-state index contributed by atoms with van der Waals surface area (Å²) >= 11 is 0. The largest absolute Gasteiger partial charge is 0.488 e. The Kier molecular flexibility index (Phi) is 5.49. The zero-order chi connectivity index (χ0) is 21.3. The Morgan fingerprint density at radius 2 is 1.87 bits per heavy atom. The lowest BCUT2D eigenvalue weighted by atomic mass is 9.80. The van der Waals surface area contributed by atoms with Gasteiger partial charge in [0.15, 0.2) is 5.82 Å². The summed E-state index contributed by atoms with van der Waals surface area (Å²) in [6.07, 6.45) is 0. The van der Waals surface area contributed by atoms with E-state index in [0.717, 1.165) is 33.3 Å².